The van der Waals surface area contributed by atoms with Crippen molar-refractivity contribution in [3.05, 3.63) is 0 Å². The Balaban J connectivity index is 1.59. The van der Waals surface area contributed by atoms with Gasteiger partial charge in [0.25, 0.3) is 0 Å². The van der Waals surface area contributed by atoms with E-state index in [9.17, 15) is 4.79 Å². The highest BCUT2D eigenvalue weighted by atomic mass is 16.6. The van der Waals surface area contributed by atoms with Crippen LogP contribution in [0.5, 0.6) is 0 Å². The van der Waals surface area contributed by atoms with E-state index in [1.165, 1.54) is 38.5 Å². The summed E-state index contributed by atoms with van der Waals surface area (Å²) in [7, 11) is 0. The highest BCUT2D eigenvalue weighted by Gasteiger charge is 2.45. The molecule has 2 heteroatoms. The topological polar surface area (TPSA) is 26.3 Å². The fourth-order valence-corrected chi connectivity index (χ4v) is 4.25. The Kier molecular flexibility index (Phi) is 2.92. The molecule has 0 saturated heterocycles. The second kappa shape index (κ2) is 4.29. The summed E-state index contributed by atoms with van der Waals surface area (Å²) in [6.45, 7) is 2.14. The van der Waals surface area contributed by atoms with Crippen molar-refractivity contribution in [2.75, 3.05) is 0 Å². The molecule has 3 saturated carbocycles. The van der Waals surface area contributed by atoms with E-state index in [0.29, 0.717) is 5.92 Å². The van der Waals surface area contributed by atoms with Gasteiger partial charge in [-0.3, -0.25) is 4.79 Å². The Labute approximate surface area is 104 Å². The third-order valence-corrected chi connectivity index (χ3v) is 5.30. The average molecular weight is 236 g/mol. The van der Waals surface area contributed by atoms with Crippen molar-refractivity contribution in [2.24, 2.45) is 17.8 Å². The van der Waals surface area contributed by atoms with Gasteiger partial charge in [-0.2, -0.15) is 0 Å². The average Bonchev–Trinajstić information content (AvgIpc) is 2.91. The number of carbonyl (C=O) groups is 1. The maximum atomic E-state index is 12.3. The molecule has 0 aliphatic heterocycles. The minimum Gasteiger partial charge on any atom is -0.459 e. The van der Waals surface area contributed by atoms with E-state index in [0.717, 1.165) is 25.2 Å². The zero-order valence-corrected chi connectivity index (χ0v) is 10.9. The molecule has 0 aromatic carbocycles. The molecule has 0 N–H and O–H groups in total. The third kappa shape index (κ3) is 2.23. The Morgan fingerprint density at radius 3 is 2.47 bits per heavy atom. The molecule has 0 radical (unpaired) electrons. The van der Waals surface area contributed by atoms with E-state index in [4.69, 9.17) is 4.74 Å². The summed E-state index contributed by atoms with van der Waals surface area (Å²) in [4.78, 5) is 12.3. The molecule has 17 heavy (non-hydrogen) atoms. The van der Waals surface area contributed by atoms with Gasteiger partial charge in [-0.05, 0) is 63.7 Å². The van der Waals surface area contributed by atoms with Crippen LogP contribution in [0.1, 0.15) is 64.7 Å². The SMILES string of the molecule is CC1(OC(=O)C2CC3CCC2C3)CCCCC1. The van der Waals surface area contributed by atoms with Gasteiger partial charge in [-0.1, -0.05) is 12.8 Å². The van der Waals surface area contributed by atoms with Crippen LogP contribution in [0.2, 0.25) is 0 Å². The number of fused-ring (bicyclic) bond motifs is 2. The van der Waals surface area contributed by atoms with E-state index in [1.54, 1.807) is 0 Å². The molecule has 3 aliphatic carbocycles. The standard InChI is InChI=1S/C15H24O2/c1-15(7-3-2-4-8-15)17-14(16)13-10-11-5-6-12(13)9-11/h11-13H,2-10H2,1H3. The number of hydrogen-bond donors (Lipinski definition) is 0. The second-order valence-electron chi connectivity index (χ2n) is 6.71. The van der Waals surface area contributed by atoms with Crippen molar-refractivity contribution in [2.45, 2.75) is 70.3 Å². The fraction of sp³-hybridized carbons (Fsp3) is 0.933. The first-order valence-corrected chi connectivity index (χ1v) is 7.39. The van der Waals surface area contributed by atoms with Gasteiger partial charge >= 0.3 is 5.97 Å². The summed E-state index contributed by atoms with van der Waals surface area (Å²) in [6, 6.07) is 0. The second-order valence-corrected chi connectivity index (χ2v) is 6.71. The van der Waals surface area contributed by atoms with Crippen LogP contribution in [0.25, 0.3) is 0 Å². The van der Waals surface area contributed by atoms with Crippen LogP contribution in [-0.2, 0) is 9.53 Å². The molecule has 0 aromatic heterocycles. The van der Waals surface area contributed by atoms with E-state index in [2.05, 4.69) is 6.92 Å². The molecule has 3 atom stereocenters. The highest BCUT2D eigenvalue weighted by molar-refractivity contribution is 5.74. The van der Waals surface area contributed by atoms with Crippen LogP contribution in [0.4, 0.5) is 0 Å². The quantitative estimate of drug-likeness (QED) is 0.683. The zero-order chi connectivity index (χ0) is 11.9. The molecule has 0 spiro atoms. The van der Waals surface area contributed by atoms with Crippen LogP contribution in [-0.4, -0.2) is 11.6 Å². The first kappa shape index (κ1) is 11.6. The van der Waals surface area contributed by atoms with Gasteiger partial charge < -0.3 is 4.74 Å². The molecule has 3 unspecified atom stereocenters. The minimum absolute atomic E-state index is 0.126. The smallest absolute Gasteiger partial charge is 0.309 e. The van der Waals surface area contributed by atoms with Gasteiger partial charge in [-0.15, -0.1) is 0 Å². The third-order valence-electron chi connectivity index (χ3n) is 5.30. The maximum Gasteiger partial charge on any atom is 0.309 e. The largest absolute Gasteiger partial charge is 0.459 e. The van der Waals surface area contributed by atoms with Gasteiger partial charge in [0.1, 0.15) is 5.60 Å². The maximum absolute atomic E-state index is 12.3. The Bertz CT molecular complexity index is 304. The first-order chi connectivity index (χ1) is 8.16. The van der Waals surface area contributed by atoms with Crippen LogP contribution >= 0.6 is 0 Å². The number of hydrogen-bond acceptors (Lipinski definition) is 2. The number of ether oxygens (including phenoxy) is 1. The molecule has 0 aromatic rings. The van der Waals surface area contributed by atoms with Gasteiger partial charge in [0.15, 0.2) is 0 Å². The molecule has 3 rings (SSSR count). The molecule has 0 amide bonds. The van der Waals surface area contributed by atoms with Gasteiger partial charge in [0, 0.05) is 0 Å². The van der Waals surface area contributed by atoms with E-state index in [-0.39, 0.29) is 17.5 Å². The number of esters is 1. The van der Waals surface area contributed by atoms with Crippen LogP contribution in [0, 0.1) is 17.8 Å². The molecule has 3 aliphatic rings. The molecule has 2 nitrogen and oxygen atoms in total. The van der Waals surface area contributed by atoms with Crippen molar-refractivity contribution >= 4 is 5.97 Å². The number of carbonyl (C=O) groups excluding carboxylic acids is 1. The zero-order valence-electron chi connectivity index (χ0n) is 10.9. The Morgan fingerprint density at radius 1 is 1.12 bits per heavy atom. The molecule has 96 valence electrons. The van der Waals surface area contributed by atoms with E-state index in [1.807, 2.05) is 0 Å². The van der Waals surface area contributed by atoms with Crippen molar-refractivity contribution < 1.29 is 9.53 Å². The predicted molar refractivity (Wildman–Crippen MR) is 66.5 cm³/mol. The summed E-state index contributed by atoms with van der Waals surface area (Å²) in [5.74, 6) is 1.85. The van der Waals surface area contributed by atoms with Crippen LogP contribution in [0.3, 0.4) is 0 Å². The van der Waals surface area contributed by atoms with Crippen LogP contribution < -0.4 is 0 Å². The molecule has 2 bridgehead atoms. The van der Waals surface area contributed by atoms with Crippen molar-refractivity contribution in [1.82, 2.24) is 0 Å². The van der Waals surface area contributed by atoms with Gasteiger partial charge in [-0.25, -0.2) is 0 Å². The van der Waals surface area contributed by atoms with Crippen molar-refractivity contribution in [3.63, 3.8) is 0 Å². The summed E-state index contributed by atoms with van der Waals surface area (Å²) in [5, 5.41) is 0. The summed E-state index contributed by atoms with van der Waals surface area (Å²) in [6.07, 6.45) is 10.9. The van der Waals surface area contributed by atoms with E-state index < -0.39 is 0 Å². The van der Waals surface area contributed by atoms with Crippen molar-refractivity contribution in [3.8, 4) is 0 Å². The normalized spacial score (nSPS) is 39.2. The lowest BCUT2D eigenvalue weighted by atomic mass is 9.85. The van der Waals surface area contributed by atoms with Crippen molar-refractivity contribution in [1.29, 1.82) is 0 Å². The van der Waals surface area contributed by atoms with Gasteiger partial charge in [0.05, 0.1) is 5.92 Å². The lowest BCUT2D eigenvalue weighted by Gasteiger charge is -2.35. The van der Waals surface area contributed by atoms with Crippen LogP contribution in [0.15, 0.2) is 0 Å². The molecule has 0 heterocycles. The molecular weight excluding hydrogens is 212 g/mol. The first-order valence-electron chi connectivity index (χ1n) is 7.39. The summed E-state index contributed by atoms with van der Waals surface area (Å²) < 4.78 is 5.88. The fourth-order valence-electron chi connectivity index (χ4n) is 4.25. The molecule has 3 fully saturated rings. The Hall–Kier alpha value is -0.530. The summed E-state index contributed by atoms with van der Waals surface area (Å²) in [5.41, 5.74) is -0.142. The minimum atomic E-state index is -0.142. The molecular formula is C15H24O2. The number of rotatable bonds is 2. The predicted octanol–water partition coefficient (Wildman–Crippen LogP) is 3.69. The van der Waals surface area contributed by atoms with E-state index >= 15 is 0 Å². The highest BCUT2D eigenvalue weighted by Crippen LogP contribution is 2.49. The lowest BCUT2D eigenvalue weighted by molar-refractivity contribution is -0.168. The lowest BCUT2D eigenvalue weighted by Crippen LogP contribution is -2.37. The monoisotopic (exact) mass is 236 g/mol. The van der Waals surface area contributed by atoms with Gasteiger partial charge in [0.2, 0.25) is 0 Å². The Morgan fingerprint density at radius 2 is 1.88 bits per heavy atom. The summed E-state index contributed by atoms with van der Waals surface area (Å²) >= 11 is 0.